The Hall–Kier alpha value is -3.26. The second-order valence-electron chi connectivity index (χ2n) is 10.1. The van der Waals surface area contributed by atoms with E-state index >= 15 is 0 Å². The fraction of sp³-hybridized carbons (Fsp3) is 0.500. The summed E-state index contributed by atoms with van der Waals surface area (Å²) in [4.78, 5) is 24.9. The minimum absolute atomic E-state index is 0.00000909. The number of amides is 1. The maximum absolute atomic E-state index is 14.9. The minimum atomic E-state index is -0.771. The quantitative estimate of drug-likeness (QED) is 0.387. The molecule has 40 heavy (non-hydrogen) atoms. The number of halogens is 3. The molecule has 0 spiro atoms. The number of carbonyl (C=O) groups excluding carboxylic acids is 1. The highest BCUT2D eigenvalue weighted by Crippen LogP contribution is 2.31. The van der Waals surface area contributed by atoms with Gasteiger partial charge in [-0.1, -0.05) is 11.6 Å². The van der Waals surface area contributed by atoms with E-state index in [0.29, 0.717) is 31.4 Å². The molecule has 2 aromatic heterocycles. The second-order valence-corrected chi connectivity index (χ2v) is 10.5. The number of pyridine rings is 1. The number of anilines is 1. The zero-order valence-corrected chi connectivity index (χ0v) is 22.3. The summed E-state index contributed by atoms with van der Waals surface area (Å²) in [5.74, 6) is -1.26. The van der Waals surface area contributed by atoms with Crippen LogP contribution < -0.4 is 14.8 Å². The summed E-state index contributed by atoms with van der Waals surface area (Å²) in [6.45, 7) is 2.81. The third-order valence-corrected chi connectivity index (χ3v) is 7.68. The molecule has 3 aromatic rings. The van der Waals surface area contributed by atoms with Crippen LogP contribution >= 0.6 is 11.6 Å². The highest BCUT2D eigenvalue weighted by Gasteiger charge is 2.48. The molecule has 4 atom stereocenters. The molecule has 0 radical (unpaired) electrons. The van der Waals surface area contributed by atoms with Crippen molar-refractivity contribution in [1.29, 1.82) is 0 Å². The van der Waals surface area contributed by atoms with Crippen molar-refractivity contribution in [2.75, 3.05) is 31.6 Å². The van der Waals surface area contributed by atoms with Gasteiger partial charge in [0.15, 0.2) is 11.8 Å². The van der Waals surface area contributed by atoms with Crippen molar-refractivity contribution in [2.45, 2.75) is 56.8 Å². The Morgan fingerprint density at radius 3 is 2.60 bits per heavy atom. The summed E-state index contributed by atoms with van der Waals surface area (Å²) in [7, 11) is 0. The number of likely N-dealkylation sites (tertiary alicyclic amines) is 1. The monoisotopic (exact) mass is 579 g/mol. The summed E-state index contributed by atoms with van der Waals surface area (Å²) in [5.41, 5.74) is 0.587. The summed E-state index contributed by atoms with van der Waals surface area (Å²) >= 11 is 6.37. The average molecular weight is 580 g/mol. The number of aromatic amines is 1. The first-order chi connectivity index (χ1) is 19.2. The molecular weight excluding hydrogens is 552 g/mol. The van der Waals surface area contributed by atoms with Gasteiger partial charge >= 0.3 is 0 Å². The van der Waals surface area contributed by atoms with E-state index in [0.717, 1.165) is 12.1 Å². The van der Waals surface area contributed by atoms with Crippen LogP contribution in [0.5, 0.6) is 11.8 Å². The van der Waals surface area contributed by atoms with Crippen LogP contribution in [0.1, 0.15) is 25.3 Å². The van der Waals surface area contributed by atoms with Crippen molar-refractivity contribution >= 4 is 34.5 Å². The Morgan fingerprint density at radius 1 is 1.15 bits per heavy atom. The van der Waals surface area contributed by atoms with Crippen LogP contribution in [0.15, 0.2) is 18.2 Å². The number of rotatable bonds is 7. The zero-order chi connectivity index (χ0) is 28.0. The largest absolute Gasteiger partial charge is 0.490 e. The molecule has 214 valence electrons. The first kappa shape index (κ1) is 26.9. The number of imidazole rings is 1. The zero-order valence-electron chi connectivity index (χ0n) is 21.5. The molecule has 3 aliphatic rings. The van der Waals surface area contributed by atoms with Crippen LogP contribution in [0, 0.1) is 11.6 Å². The molecule has 1 amide bonds. The number of piperidine rings is 1. The van der Waals surface area contributed by atoms with Gasteiger partial charge in [-0.3, -0.25) is 4.79 Å². The SMILES string of the molecule is CC(=O)N1CCC(Oc2cc(F)c(CNc3nc4nc(O[C@@H]5CO[C@H]6[C@@H]5OC[C@H]6O)[nH]c4cc3Cl)c(F)c2)CC1. The van der Waals surface area contributed by atoms with E-state index in [4.69, 9.17) is 30.5 Å². The van der Waals surface area contributed by atoms with E-state index < -0.39 is 36.1 Å². The number of aliphatic hydroxyl groups is 1. The van der Waals surface area contributed by atoms with Crippen LogP contribution in [-0.4, -0.2) is 87.7 Å². The van der Waals surface area contributed by atoms with Crippen molar-refractivity contribution < 1.29 is 37.6 Å². The first-order valence-corrected chi connectivity index (χ1v) is 13.4. The molecule has 3 aliphatic heterocycles. The van der Waals surface area contributed by atoms with E-state index in [1.54, 1.807) is 11.0 Å². The average Bonchev–Trinajstić information content (AvgIpc) is 3.60. The summed E-state index contributed by atoms with van der Waals surface area (Å²) in [6.07, 6.45) is -1.05. The molecule has 3 fully saturated rings. The lowest BCUT2D eigenvalue weighted by atomic mass is 10.1. The molecule has 1 aromatic carbocycles. The molecule has 6 rings (SSSR count). The first-order valence-electron chi connectivity index (χ1n) is 13.0. The maximum Gasteiger partial charge on any atom is 0.296 e. The van der Waals surface area contributed by atoms with Crippen molar-refractivity contribution in [1.82, 2.24) is 19.9 Å². The Morgan fingerprint density at radius 2 is 1.88 bits per heavy atom. The molecule has 3 saturated heterocycles. The van der Waals surface area contributed by atoms with Gasteiger partial charge < -0.3 is 39.3 Å². The van der Waals surface area contributed by atoms with Crippen LogP contribution in [0.4, 0.5) is 14.6 Å². The van der Waals surface area contributed by atoms with Gasteiger partial charge in [0.2, 0.25) is 5.91 Å². The lowest BCUT2D eigenvalue weighted by Gasteiger charge is -2.31. The molecular formula is C26H28ClF2N5O6. The summed E-state index contributed by atoms with van der Waals surface area (Å²) in [6, 6.07) is 4.06. The Kier molecular flexibility index (Phi) is 7.38. The van der Waals surface area contributed by atoms with Gasteiger partial charge in [-0.25, -0.2) is 13.8 Å². The van der Waals surface area contributed by atoms with Crippen molar-refractivity contribution in [3.05, 3.63) is 40.4 Å². The normalized spacial score (nSPS) is 24.9. The number of hydrogen-bond donors (Lipinski definition) is 3. The van der Waals surface area contributed by atoms with Gasteiger partial charge in [0.1, 0.15) is 47.6 Å². The molecule has 3 N–H and O–H groups in total. The van der Waals surface area contributed by atoms with E-state index in [1.807, 2.05) is 0 Å². The van der Waals surface area contributed by atoms with Gasteiger partial charge in [0.25, 0.3) is 6.01 Å². The van der Waals surface area contributed by atoms with Gasteiger partial charge in [-0.2, -0.15) is 4.98 Å². The Labute approximate surface area is 232 Å². The minimum Gasteiger partial charge on any atom is -0.490 e. The number of H-pyrrole nitrogens is 1. The second kappa shape index (κ2) is 11.0. The van der Waals surface area contributed by atoms with E-state index in [2.05, 4.69) is 20.3 Å². The van der Waals surface area contributed by atoms with Gasteiger partial charge in [0.05, 0.1) is 23.8 Å². The number of aliphatic hydroxyl groups excluding tert-OH is 1. The van der Waals surface area contributed by atoms with Gasteiger partial charge in [-0.15, -0.1) is 0 Å². The van der Waals surface area contributed by atoms with Gasteiger partial charge in [-0.05, 0) is 6.07 Å². The molecule has 0 saturated carbocycles. The molecule has 0 aliphatic carbocycles. The van der Waals surface area contributed by atoms with Crippen LogP contribution in [0.25, 0.3) is 11.2 Å². The summed E-state index contributed by atoms with van der Waals surface area (Å²) < 4.78 is 52.5. The van der Waals surface area contributed by atoms with Crippen LogP contribution in [0.2, 0.25) is 5.02 Å². The smallest absolute Gasteiger partial charge is 0.296 e. The molecule has 5 heterocycles. The van der Waals surface area contributed by atoms with E-state index in [1.165, 1.54) is 6.92 Å². The number of nitrogens with one attached hydrogen (secondary N) is 2. The Bertz CT molecular complexity index is 1390. The van der Waals surface area contributed by atoms with E-state index in [-0.39, 0.29) is 65.6 Å². The molecule has 0 bridgehead atoms. The highest BCUT2D eigenvalue weighted by molar-refractivity contribution is 6.33. The number of aromatic nitrogens is 3. The number of benzene rings is 1. The molecule has 0 unspecified atom stereocenters. The topological polar surface area (TPSA) is 131 Å². The van der Waals surface area contributed by atoms with E-state index in [9.17, 15) is 18.7 Å². The third kappa shape index (κ3) is 5.38. The van der Waals surface area contributed by atoms with Crippen molar-refractivity contribution in [3.8, 4) is 11.8 Å². The third-order valence-electron chi connectivity index (χ3n) is 7.39. The maximum atomic E-state index is 14.9. The number of ether oxygens (including phenoxy) is 4. The van der Waals surface area contributed by atoms with Gasteiger partial charge in [0, 0.05) is 57.1 Å². The van der Waals surface area contributed by atoms with Crippen LogP contribution in [0.3, 0.4) is 0 Å². The lowest BCUT2D eigenvalue weighted by molar-refractivity contribution is -0.130. The number of nitrogens with zero attached hydrogens (tertiary/aromatic N) is 3. The molecule has 14 heteroatoms. The Balaban J connectivity index is 1.10. The number of hydrogen-bond acceptors (Lipinski definition) is 9. The molecule has 11 nitrogen and oxygen atoms in total. The van der Waals surface area contributed by atoms with Crippen LogP contribution in [-0.2, 0) is 20.8 Å². The fourth-order valence-corrected chi connectivity index (χ4v) is 5.45. The number of fused-ring (bicyclic) bond motifs is 2. The standard InChI is InChI=1S/C26H28ClF2N5O6/c1-12(35)34-4-2-13(3-5-34)39-14-6-17(28)15(18(29)7-14)9-30-24-16(27)8-19-25(32-24)33-26(31-19)40-21-11-38-22-20(36)10-37-23(21)22/h6-8,13,20-23,36H,2-5,9-11H2,1H3,(H2,30,31,32,33)/t20-,21-,22-,23-/m1/s1. The fourth-order valence-electron chi connectivity index (χ4n) is 5.23. The van der Waals surface area contributed by atoms with Crippen molar-refractivity contribution in [3.63, 3.8) is 0 Å². The van der Waals surface area contributed by atoms with Crippen molar-refractivity contribution in [2.24, 2.45) is 0 Å². The number of carbonyl (C=O) groups is 1. The predicted octanol–water partition coefficient (Wildman–Crippen LogP) is 2.80. The predicted molar refractivity (Wildman–Crippen MR) is 138 cm³/mol. The highest BCUT2D eigenvalue weighted by atomic mass is 35.5. The summed E-state index contributed by atoms with van der Waals surface area (Å²) in [5, 5.41) is 13.0. The lowest BCUT2D eigenvalue weighted by Crippen LogP contribution is -2.40.